The summed E-state index contributed by atoms with van der Waals surface area (Å²) in [6, 6.07) is 16.5. The second kappa shape index (κ2) is 9.91. The van der Waals surface area contributed by atoms with E-state index in [2.05, 4.69) is 5.32 Å². The van der Waals surface area contributed by atoms with Gasteiger partial charge >= 0.3 is 5.97 Å². The van der Waals surface area contributed by atoms with Crippen molar-refractivity contribution in [1.29, 1.82) is 0 Å². The van der Waals surface area contributed by atoms with E-state index in [-0.39, 0.29) is 37.4 Å². The van der Waals surface area contributed by atoms with Crippen molar-refractivity contribution in [3.8, 4) is 5.75 Å². The highest BCUT2D eigenvalue weighted by Gasteiger charge is 2.37. The summed E-state index contributed by atoms with van der Waals surface area (Å²) in [7, 11) is 0. The molecule has 30 heavy (non-hydrogen) atoms. The van der Waals surface area contributed by atoms with Gasteiger partial charge in [0.05, 0.1) is 24.3 Å². The molecule has 2 aromatic rings. The molecule has 1 N–H and O–H groups in total. The van der Waals surface area contributed by atoms with Gasteiger partial charge in [-0.1, -0.05) is 42.5 Å². The minimum atomic E-state index is -0.619. The Morgan fingerprint density at radius 3 is 2.57 bits per heavy atom. The SMILES string of the molecule is CCOc1ccccc1N1C[C@@H](C(=O)OCC(=O)N[C@H](C)c2ccccc2)CC1=O. The monoisotopic (exact) mass is 410 g/mol. The molecule has 0 bridgehead atoms. The fourth-order valence-corrected chi connectivity index (χ4v) is 3.42. The molecule has 0 radical (unpaired) electrons. The standard InChI is InChI=1S/C23H26N2O5/c1-3-29-20-12-8-7-11-19(20)25-14-18(13-22(25)27)23(28)30-15-21(26)24-16(2)17-9-5-4-6-10-17/h4-12,16,18H,3,13-15H2,1-2H3,(H,24,26)/t16-,18+/m1/s1. The van der Waals surface area contributed by atoms with E-state index in [9.17, 15) is 14.4 Å². The van der Waals surface area contributed by atoms with Crippen molar-refractivity contribution < 1.29 is 23.9 Å². The quantitative estimate of drug-likeness (QED) is 0.677. The summed E-state index contributed by atoms with van der Waals surface area (Å²) in [5.74, 6) is -1.14. The highest BCUT2D eigenvalue weighted by atomic mass is 16.5. The molecule has 1 fully saturated rings. The zero-order valence-electron chi connectivity index (χ0n) is 17.2. The molecule has 0 spiro atoms. The summed E-state index contributed by atoms with van der Waals surface area (Å²) in [4.78, 5) is 38.6. The number of carbonyl (C=O) groups excluding carboxylic acids is 3. The number of benzene rings is 2. The number of para-hydroxylation sites is 2. The Morgan fingerprint density at radius 2 is 1.83 bits per heavy atom. The molecule has 1 aliphatic heterocycles. The molecule has 7 heteroatoms. The van der Waals surface area contributed by atoms with Gasteiger partial charge in [0.1, 0.15) is 5.75 Å². The van der Waals surface area contributed by atoms with Gasteiger partial charge in [-0.2, -0.15) is 0 Å². The van der Waals surface area contributed by atoms with Crippen molar-refractivity contribution in [2.75, 3.05) is 24.7 Å². The van der Waals surface area contributed by atoms with Gasteiger partial charge in [0.25, 0.3) is 5.91 Å². The minimum Gasteiger partial charge on any atom is -0.492 e. The predicted octanol–water partition coefficient (Wildman–Crippen LogP) is 2.86. The lowest BCUT2D eigenvalue weighted by Gasteiger charge is -2.20. The number of amides is 2. The van der Waals surface area contributed by atoms with Crippen molar-refractivity contribution >= 4 is 23.5 Å². The zero-order chi connectivity index (χ0) is 21.5. The number of esters is 1. The third-order valence-electron chi connectivity index (χ3n) is 4.94. The number of anilines is 1. The van der Waals surface area contributed by atoms with E-state index >= 15 is 0 Å². The van der Waals surface area contributed by atoms with Gasteiger partial charge in [-0.25, -0.2) is 0 Å². The number of nitrogens with one attached hydrogen (secondary N) is 1. The van der Waals surface area contributed by atoms with E-state index in [1.807, 2.05) is 56.3 Å². The maximum atomic E-state index is 12.5. The van der Waals surface area contributed by atoms with Crippen molar-refractivity contribution in [3.05, 3.63) is 60.2 Å². The van der Waals surface area contributed by atoms with Crippen LogP contribution < -0.4 is 15.0 Å². The lowest BCUT2D eigenvalue weighted by atomic mass is 10.1. The van der Waals surface area contributed by atoms with Gasteiger partial charge < -0.3 is 19.7 Å². The van der Waals surface area contributed by atoms with Crippen LogP contribution in [0.4, 0.5) is 5.69 Å². The Balaban J connectivity index is 1.53. The first-order valence-corrected chi connectivity index (χ1v) is 10.0. The van der Waals surface area contributed by atoms with Crippen LogP contribution in [0, 0.1) is 5.92 Å². The number of nitrogens with zero attached hydrogens (tertiary/aromatic N) is 1. The second-order valence-electron chi connectivity index (χ2n) is 7.11. The Hall–Kier alpha value is -3.35. The van der Waals surface area contributed by atoms with Crippen LogP contribution >= 0.6 is 0 Å². The molecule has 1 saturated heterocycles. The first kappa shape index (κ1) is 21.4. The molecule has 0 unspecified atom stereocenters. The van der Waals surface area contributed by atoms with Crippen molar-refractivity contribution in [2.24, 2.45) is 5.92 Å². The maximum Gasteiger partial charge on any atom is 0.311 e. The largest absolute Gasteiger partial charge is 0.492 e. The molecular weight excluding hydrogens is 384 g/mol. The maximum absolute atomic E-state index is 12.5. The predicted molar refractivity (Wildman–Crippen MR) is 112 cm³/mol. The van der Waals surface area contributed by atoms with Crippen LogP contribution in [0.1, 0.15) is 31.9 Å². The summed E-state index contributed by atoms with van der Waals surface area (Å²) in [6.45, 7) is 4.02. The molecule has 1 aliphatic rings. The second-order valence-corrected chi connectivity index (χ2v) is 7.11. The molecule has 2 atom stereocenters. The van der Waals surface area contributed by atoms with Gasteiger partial charge in [-0.3, -0.25) is 14.4 Å². The Labute approximate surface area is 176 Å². The first-order valence-electron chi connectivity index (χ1n) is 10.0. The lowest BCUT2D eigenvalue weighted by molar-refractivity contribution is -0.152. The van der Waals surface area contributed by atoms with E-state index in [4.69, 9.17) is 9.47 Å². The number of ether oxygens (including phenoxy) is 2. The Morgan fingerprint density at radius 1 is 1.13 bits per heavy atom. The average molecular weight is 410 g/mol. The number of rotatable bonds is 8. The van der Waals surface area contributed by atoms with Crippen LogP contribution in [0.15, 0.2) is 54.6 Å². The van der Waals surface area contributed by atoms with Crippen LogP contribution in [0.5, 0.6) is 5.75 Å². The molecule has 158 valence electrons. The zero-order valence-corrected chi connectivity index (χ0v) is 17.2. The van der Waals surface area contributed by atoms with E-state index in [1.54, 1.807) is 12.1 Å². The van der Waals surface area contributed by atoms with Crippen LogP contribution in [-0.2, 0) is 19.1 Å². The molecule has 1 heterocycles. The number of hydrogen-bond donors (Lipinski definition) is 1. The first-order chi connectivity index (χ1) is 14.5. The fraction of sp³-hybridized carbons (Fsp3) is 0.348. The summed E-state index contributed by atoms with van der Waals surface area (Å²) >= 11 is 0. The van der Waals surface area contributed by atoms with E-state index in [0.717, 1.165) is 5.56 Å². The van der Waals surface area contributed by atoms with Crippen LogP contribution in [-0.4, -0.2) is 37.5 Å². The Kier molecular flexibility index (Phi) is 7.06. The number of hydrogen-bond acceptors (Lipinski definition) is 5. The normalized spacial score (nSPS) is 16.8. The van der Waals surface area contributed by atoms with Gasteiger partial charge in [0.15, 0.2) is 6.61 Å². The smallest absolute Gasteiger partial charge is 0.311 e. The molecule has 0 aromatic heterocycles. The van der Waals surface area contributed by atoms with Crippen LogP contribution in [0.2, 0.25) is 0 Å². The molecule has 0 aliphatic carbocycles. The molecule has 3 rings (SSSR count). The minimum absolute atomic E-state index is 0.0430. The number of carbonyl (C=O) groups is 3. The molecule has 2 aromatic carbocycles. The van der Waals surface area contributed by atoms with Crippen LogP contribution in [0.25, 0.3) is 0 Å². The van der Waals surface area contributed by atoms with Crippen molar-refractivity contribution in [3.63, 3.8) is 0 Å². The third-order valence-corrected chi connectivity index (χ3v) is 4.94. The Bertz CT molecular complexity index is 899. The summed E-state index contributed by atoms with van der Waals surface area (Å²) < 4.78 is 10.8. The van der Waals surface area contributed by atoms with Crippen molar-refractivity contribution in [2.45, 2.75) is 26.3 Å². The average Bonchev–Trinajstić information content (AvgIpc) is 3.15. The molecular formula is C23H26N2O5. The highest BCUT2D eigenvalue weighted by Crippen LogP contribution is 2.33. The third kappa shape index (κ3) is 5.17. The summed E-state index contributed by atoms with van der Waals surface area (Å²) in [6.07, 6.45) is 0.0430. The van der Waals surface area contributed by atoms with E-state index in [1.165, 1.54) is 4.90 Å². The topological polar surface area (TPSA) is 84.9 Å². The molecule has 2 amide bonds. The fourth-order valence-electron chi connectivity index (χ4n) is 3.42. The van der Waals surface area contributed by atoms with Gasteiger partial charge in [0, 0.05) is 13.0 Å². The highest BCUT2D eigenvalue weighted by molar-refractivity contribution is 6.00. The van der Waals surface area contributed by atoms with E-state index < -0.39 is 11.9 Å². The van der Waals surface area contributed by atoms with Gasteiger partial charge in [0.2, 0.25) is 5.91 Å². The van der Waals surface area contributed by atoms with Gasteiger partial charge in [-0.15, -0.1) is 0 Å². The lowest BCUT2D eigenvalue weighted by Crippen LogP contribution is -2.32. The van der Waals surface area contributed by atoms with E-state index in [0.29, 0.717) is 18.0 Å². The van der Waals surface area contributed by atoms with Crippen molar-refractivity contribution in [1.82, 2.24) is 5.32 Å². The van der Waals surface area contributed by atoms with Crippen LogP contribution in [0.3, 0.4) is 0 Å². The van der Waals surface area contributed by atoms with Gasteiger partial charge in [-0.05, 0) is 31.5 Å². The molecule has 0 saturated carbocycles. The molecule has 7 nitrogen and oxygen atoms in total. The summed E-state index contributed by atoms with van der Waals surface area (Å²) in [5.41, 5.74) is 1.59. The summed E-state index contributed by atoms with van der Waals surface area (Å²) in [5, 5.41) is 2.80.